The van der Waals surface area contributed by atoms with Crippen molar-refractivity contribution in [3.05, 3.63) is 71.3 Å². The van der Waals surface area contributed by atoms with Crippen LogP contribution in [0.1, 0.15) is 40.7 Å². The summed E-state index contributed by atoms with van der Waals surface area (Å²) in [5.41, 5.74) is 4.99. The molecule has 0 radical (unpaired) electrons. The van der Waals surface area contributed by atoms with E-state index in [4.69, 9.17) is 4.74 Å². The SMILES string of the molecule is CCOC(=O)C1=NN[C@@]2(CCc3ccccc3C2=O)[C@@H]1c1ccccc1. The number of nitrogens with one attached hydrogen (secondary N) is 1. The van der Waals surface area contributed by atoms with Gasteiger partial charge in [-0.2, -0.15) is 5.10 Å². The number of fused-ring (bicyclic) bond motifs is 1. The molecule has 2 aliphatic rings. The monoisotopic (exact) mass is 348 g/mol. The molecule has 0 bridgehead atoms. The van der Waals surface area contributed by atoms with Gasteiger partial charge < -0.3 is 4.74 Å². The lowest BCUT2D eigenvalue weighted by molar-refractivity contribution is -0.135. The number of hydrogen-bond acceptors (Lipinski definition) is 5. The number of carbonyl (C=O) groups is 2. The van der Waals surface area contributed by atoms with Gasteiger partial charge in [-0.05, 0) is 30.9 Å². The van der Waals surface area contributed by atoms with Crippen LogP contribution in [0.3, 0.4) is 0 Å². The lowest BCUT2D eigenvalue weighted by Crippen LogP contribution is -2.55. The number of hydrazone groups is 1. The molecule has 2 aromatic carbocycles. The summed E-state index contributed by atoms with van der Waals surface area (Å²) in [4.78, 5) is 26.0. The summed E-state index contributed by atoms with van der Waals surface area (Å²) in [5, 5.41) is 4.28. The zero-order valence-corrected chi connectivity index (χ0v) is 14.6. The molecule has 1 aliphatic carbocycles. The fourth-order valence-corrected chi connectivity index (χ4v) is 4.01. The molecule has 132 valence electrons. The summed E-state index contributed by atoms with van der Waals surface area (Å²) in [6.07, 6.45) is 1.33. The number of hydrogen-bond donors (Lipinski definition) is 1. The number of ether oxygens (including phenoxy) is 1. The van der Waals surface area contributed by atoms with Crippen molar-refractivity contribution in [2.45, 2.75) is 31.2 Å². The van der Waals surface area contributed by atoms with Crippen LogP contribution in [0.15, 0.2) is 59.7 Å². The average molecular weight is 348 g/mol. The van der Waals surface area contributed by atoms with Gasteiger partial charge in [0.05, 0.1) is 12.5 Å². The first-order chi connectivity index (χ1) is 12.7. The Morgan fingerprint density at radius 1 is 1.19 bits per heavy atom. The van der Waals surface area contributed by atoms with Crippen LogP contribution in [-0.4, -0.2) is 29.6 Å². The Morgan fingerprint density at radius 3 is 2.69 bits per heavy atom. The minimum atomic E-state index is -0.947. The Kier molecular flexibility index (Phi) is 4.07. The standard InChI is InChI=1S/C21H20N2O3/c1-2-26-20(25)18-17(15-9-4-3-5-10-15)21(23-22-18)13-12-14-8-6-7-11-16(14)19(21)24/h3-11,17,23H,2,12-13H2,1H3/t17-,21+/m1/s1. The first-order valence-electron chi connectivity index (χ1n) is 8.87. The van der Waals surface area contributed by atoms with E-state index in [1.165, 1.54) is 0 Å². The molecular formula is C21H20N2O3. The van der Waals surface area contributed by atoms with E-state index in [-0.39, 0.29) is 18.1 Å². The third kappa shape index (κ3) is 2.43. The molecule has 1 heterocycles. The Balaban J connectivity index is 1.82. The molecule has 2 aromatic rings. The van der Waals surface area contributed by atoms with Crippen LogP contribution in [0, 0.1) is 0 Å². The quantitative estimate of drug-likeness (QED) is 0.866. The Hall–Kier alpha value is -2.95. The highest BCUT2D eigenvalue weighted by Gasteiger charge is 2.55. The smallest absolute Gasteiger partial charge is 0.355 e. The molecule has 0 fully saturated rings. The van der Waals surface area contributed by atoms with Crippen LogP contribution in [0.25, 0.3) is 0 Å². The van der Waals surface area contributed by atoms with Crippen molar-refractivity contribution < 1.29 is 14.3 Å². The first-order valence-corrected chi connectivity index (χ1v) is 8.87. The molecule has 26 heavy (non-hydrogen) atoms. The highest BCUT2D eigenvalue weighted by Crippen LogP contribution is 2.43. The van der Waals surface area contributed by atoms with Crippen molar-refractivity contribution in [2.75, 3.05) is 6.61 Å². The maximum atomic E-state index is 13.5. The van der Waals surface area contributed by atoms with Crippen molar-refractivity contribution in [3.8, 4) is 0 Å². The summed E-state index contributed by atoms with van der Waals surface area (Å²) < 4.78 is 5.20. The van der Waals surface area contributed by atoms with E-state index in [1.807, 2.05) is 54.6 Å². The summed E-state index contributed by atoms with van der Waals surface area (Å²) in [6.45, 7) is 2.03. The van der Waals surface area contributed by atoms with Crippen LogP contribution >= 0.6 is 0 Å². The van der Waals surface area contributed by atoms with Gasteiger partial charge in [0.2, 0.25) is 0 Å². The average Bonchev–Trinajstić information content (AvgIpc) is 3.06. The van der Waals surface area contributed by atoms with Crippen LogP contribution in [0.5, 0.6) is 0 Å². The fraction of sp³-hybridized carbons (Fsp3) is 0.286. The Morgan fingerprint density at radius 2 is 1.92 bits per heavy atom. The van der Waals surface area contributed by atoms with Crippen molar-refractivity contribution >= 4 is 17.5 Å². The largest absolute Gasteiger partial charge is 0.461 e. The predicted octanol–water partition coefficient (Wildman–Crippen LogP) is 2.86. The molecule has 0 saturated carbocycles. The van der Waals surface area contributed by atoms with Gasteiger partial charge in [0.15, 0.2) is 11.5 Å². The van der Waals surface area contributed by atoms with Gasteiger partial charge in [-0.15, -0.1) is 0 Å². The summed E-state index contributed by atoms with van der Waals surface area (Å²) in [7, 11) is 0. The zero-order chi connectivity index (χ0) is 18.1. The van der Waals surface area contributed by atoms with Gasteiger partial charge in [-0.3, -0.25) is 10.2 Å². The van der Waals surface area contributed by atoms with E-state index in [1.54, 1.807) is 6.92 Å². The molecule has 1 aliphatic heterocycles. The topological polar surface area (TPSA) is 67.8 Å². The summed E-state index contributed by atoms with van der Waals surface area (Å²) in [5.74, 6) is -0.961. The molecule has 5 heteroatoms. The van der Waals surface area contributed by atoms with E-state index in [2.05, 4.69) is 10.5 Å². The molecule has 2 atom stereocenters. The van der Waals surface area contributed by atoms with Gasteiger partial charge in [0, 0.05) is 5.56 Å². The van der Waals surface area contributed by atoms with Crippen LogP contribution in [0.4, 0.5) is 0 Å². The number of Topliss-reactive ketones (excluding diaryl/α,β-unsaturated/α-hetero) is 1. The fourth-order valence-electron chi connectivity index (χ4n) is 4.01. The Labute approximate surface area is 152 Å². The molecule has 1 spiro atoms. The Bertz CT molecular complexity index is 891. The van der Waals surface area contributed by atoms with Crippen molar-refractivity contribution in [1.29, 1.82) is 0 Å². The molecule has 1 N–H and O–H groups in total. The van der Waals surface area contributed by atoms with Gasteiger partial charge in [0.1, 0.15) is 5.54 Å². The molecular weight excluding hydrogens is 328 g/mol. The highest BCUT2D eigenvalue weighted by molar-refractivity contribution is 6.40. The van der Waals surface area contributed by atoms with Crippen molar-refractivity contribution in [2.24, 2.45) is 5.10 Å². The van der Waals surface area contributed by atoms with Crippen molar-refractivity contribution in [3.63, 3.8) is 0 Å². The number of esters is 1. The highest BCUT2D eigenvalue weighted by atomic mass is 16.5. The maximum Gasteiger partial charge on any atom is 0.355 e. The third-order valence-corrected chi connectivity index (χ3v) is 5.22. The number of nitrogens with zero attached hydrogens (tertiary/aromatic N) is 1. The van der Waals surface area contributed by atoms with Gasteiger partial charge >= 0.3 is 5.97 Å². The minimum Gasteiger partial charge on any atom is -0.461 e. The number of rotatable bonds is 3. The van der Waals surface area contributed by atoms with Crippen LogP contribution < -0.4 is 5.43 Å². The van der Waals surface area contributed by atoms with Gasteiger partial charge in [-0.1, -0.05) is 54.6 Å². The number of ketones is 1. The van der Waals surface area contributed by atoms with Crippen LogP contribution in [0.2, 0.25) is 0 Å². The molecule has 5 nitrogen and oxygen atoms in total. The van der Waals surface area contributed by atoms with E-state index < -0.39 is 17.4 Å². The van der Waals surface area contributed by atoms with Crippen molar-refractivity contribution in [1.82, 2.24) is 5.43 Å². The third-order valence-electron chi connectivity index (χ3n) is 5.22. The van der Waals surface area contributed by atoms with E-state index in [9.17, 15) is 9.59 Å². The number of carbonyl (C=O) groups excluding carboxylic acids is 2. The number of benzene rings is 2. The minimum absolute atomic E-state index is 0.0174. The normalized spacial score (nSPS) is 24.0. The first kappa shape index (κ1) is 16.5. The zero-order valence-electron chi connectivity index (χ0n) is 14.6. The molecule has 4 rings (SSSR count). The molecule has 0 unspecified atom stereocenters. The van der Waals surface area contributed by atoms with Gasteiger partial charge in [-0.25, -0.2) is 4.79 Å². The van der Waals surface area contributed by atoms with Crippen LogP contribution in [-0.2, 0) is 16.0 Å². The van der Waals surface area contributed by atoms with E-state index >= 15 is 0 Å². The predicted molar refractivity (Wildman–Crippen MR) is 98.2 cm³/mol. The summed E-state index contributed by atoms with van der Waals surface area (Å²) in [6, 6.07) is 17.2. The second kappa shape index (κ2) is 6.41. The lowest BCUT2D eigenvalue weighted by atomic mass is 9.67. The molecule has 0 amide bonds. The van der Waals surface area contributed by atoms with E-state index in [0.717, 1.165) is 17.5 Å². The van der Waals surface area contributed by atoms with E-state index in [0.29, 0.717) is 12.0 Å². The molecule has 0 aromatic heterocycles. The van der Waals surface area contributed by atoms with Gasteiger partial charge in [0.25, 0.3) is 0 Å². The second-order valence-corrected chi connectivity index (χ2v) is 6.63. The maximum absolute atomic E-state index is 13.5. The number of aryl methyl sites for hydroxylation is 1. The lowest BCUT2D eigenvalue weighted by Gasteiger charge is -2.37. The molecule has 0 saturated heterocycles. The summed E-state index contributed by atoms with van der Waals surface area (Å²) >= 11 is 0. The second-order valence-electron chi connectivity index (χ2n) is 6.63.